The fourth-order valence-electron chi connectivity index (χ4n) is 3.21. The lowest BCUT2D eigenvalue weighted by atomic mass is 9.90. The predicted octanol–water partition coefficient (Wildman–Crippen LogP) is 4.19. The molecule has 0 saturated heterocycles. The maximum Gasteiger partial charge on any atom is 0.194 e. The molecule has 3 unspecified atom stereocenters. The molecule has 4 heteroatoms. The Bertz CT molecular complexity index is 447. The van der Waals surface area contributed by atoms with E-state index in [2.05, 4.69) is 12.2 Å². The van der Waals surface area contributed by atoms with Crippen LogP contribution in [-0.4, -0.2) is 7.05 Å². The maximum atomic E-state index is 13.9. The summed E-state index contributed by atoms with van der Waals surface area (Å²) in [6, 6.07) is 2.12. The van der Waals surface area contributed by atoms with E-state index in [0.29, 0.717) is 5.92 Å². The first-order valence-electron chi connectivity index (χ1n) is 6.89. The van der Waals surface area contributed by atoms with Crippen molar-refractivity contribution in [2.45, 2.75) is 38.6 Å². The van der Waals surface area contributed by atoms with E-state index < -0.39 is 17.5 Å². The molecule has 0 heterocycles. The van der Waals surface area contributed by atoms with E-state index in [1.54, 1.807) is 7.05 Å². The quantitative estimate of drug-likeness (QED) is 0.810. The molecule has 1 nitrogen and oxygen atoms in total. The molecule has 0 amide bonds. The van der Waals surface area contributed by atoms with Gasteiger partial charge in [0.2, 0.25) is 0 Å². The number of hydrogen-bond donors (Lipinski definition) is 1. The molecule has 0 spiro atoms. The van der Waals surface area contributed by atoms with Crippen molar-refractivity contribution in [3.63, 3.8) is 0 Å². The van der Waals surface area contributed by atoms with Crippen LogP contribution in [0.2, 0.25) is 0 Å². The van der Waals surface area contributed by atoms with Crippen molar-refractivity contribution in [1.29, 1.82) is 0 Å². The van der Waals surface area contributed by atoms with E-state index in [0.717, 1.165) is 31.7 Å². The Morgan fingerprint density at radius 3 is 2.53 bits per heavy atom. The van der Waals surface area contributed by atoms with Crippen LogP contribution in [0.15, 0.2) is 12.1 Å². The molecule has 1 N–H and O–H groups in total. The highest BCUT2D eigenvalue weighted by Gasteiger charge is 2.32. The number of hydrogen-bond acceptors (Lipinski definition) is 1. The SMILES string of the molecule is CCC1CCC(C(NC)c2ccc(F)c(F)c2F)C1. The summed E-state index contributed by atoms with van der Waals surface area (Å²) < 4.78 is 40.2. The lowest BCUT2D eigenvalue weighted by Gasteiger charge is -2.24. The largest absolute Gasteiger partial charge is 0.313 e. The van der Waals surface area contributed by atoms with Crippen molar-refractivity contribution < 1.29 is 13.2 Å². The van der Waals surface area contributed by atoms with E-state index in [-0.39, 0.29) is 17.5 Å². The minimum atomic E-state index is -1.37. The van der Waals surface area contributed by atoms with Crippen LogP contribution >= 0.6 is 0 Å². The molecule has 1 aliphatic carbocycles. The van der Waals surface area contributed by atoms with E-state index in [4.69, 9.17) is 0 Å². The van der Waals surface area contributed by atoms with Crippen LogP contribution < -0.4 is 5.32 Å². The third-order valence-corrected chi connectivity index (χ3v) is 4.34. The standard InChI is InChI=1S/C15H20F3N/c1-3-9-4-5-10(8-9)15(19-2)11-6-7-12(16)14(18)13(11)17/h6-7,9-10,15,19H,3-5,8H2,1-2H3. The Kier molecular flexibility index (Phi) is 4.50. The van der Waals surface area contributed by atoms with Gasteiger partial charge in [-0.1, -0.05) is 25.8 Å². The van der Waals surface area contributed by atoms with Crippen LogP contribution in [0.3, 0.4) is 0 Å². The summed E-state index contributed by atoms with van der Waals surface area (Å²) in [7, 11) is 1.74. The van der Waals surface area contributed by atoms with Crippen molar-refractivity contribution in [1.82, 2.24) is 5.32 Å². The van der Waals surface area contributed by atoms with Gasteiger partial charge in [0, 0.05) is 11.6 Å². The molecule has 0 bridgehead atoms. The first-order chi connectivity index (χ1) is 9.08. The normalized spacial score (nSPS) is 24.7. The smallest absolute Gasteiger partial charge is 0.194 e. The lowest BCUT2D eigenvalue weighted by Crippen LogP contribution is -2.25. The summed E-state index contributed by atoms with van der Waals surface area (Å²) >= 11 is 0. The lowest BCUT2D eigenvalue weighted by molar-refractivity contribution is 0.352. The van der Waals surface area contributed by atoms with Gasteiger partial charge in [-0.05, 0) is 37.8 Å². The molecular weight excluding hydrogens is 251 g/mol. The average molecular weight is 271 g/mol. The number of benzene rings is 1. The van der Waals surface area contributed by atoms with Gasteiger partial charge in [-0.2, -0.15) is 0 Å². The third-order valence-electron chi connectivity index (χ3n) is 4.34. The minimum Gasteiger partial charge on any atom is -0.313 e. The zero-order chi connectivity index (χ0) is 14.0. The molecule has 1 saturated carbocycles. The molecule has 1 aliphatic rings. The zero-order valence-corrected chi connectivity index (χ0v) is 11.3. The molecule has 1 fully saturated rings. The number of halogens is 3. The molecule has 106 valence electrons. The second kappa shape index (κ2) is 5.95. The van der Waals surface area contributed by atoms with Gasteiger partial charge in [-0.3, -0.25) is 0 Å². The monoisotopic (exact) mass is 271 g/mol. The van der Waals surface area contributed by atoms with Crippen LogP contribution in [-0.2, 0) is 0 Å². The molecule has 3 atom stereocenters. The van der Waals surface area contributed by atoms with Gasteiger partial charge in [0.05, 0.1) is 0 Å². The van der Waals surface area contributed by atoms with Crippen LogP contribution in [0.25, 0.3) is 0 Å². The van der Waals surface area contributed by atoms with Gasteiger partial charge in [-0.25, -0.2) is 13.2 Å². The Hall–Kier alpha value is -1.03. The Morgan fingerprint density at radius 2 is 1.95 bits per heavy atom. The van der Waals surface area contributed by atoms with Gasteiger partial charge >= 0.3 is 0 Å². The highest BCUT2D eigenvalue weighted by molar-refractivity contribution is 5.24. The van der Waals surface area contributed by atoms with Crippen molar-refractivity contribution in [3.8, 4) is 0 Å². The summed E-state index contributed by atoms with van der Waals surface area (Å²) in [6.45, 7) is 2.15. The summed E-state index contributed by atoms with van der Waals surface area (Å²) in [5.41, 5.74) is 0.239. The van der Waals surface area contributed by atoms with E-state index in [1.165, 1.54) is 6.07 Å². The zero-order valence-electron chi connectivity index (χ0n) is 11.3. The summed E-state index contributed by atoms with van der Waals surface area (Å²) in [4.78, 5) is 0. The molecule has 1 aromatic rings. The van der Waals surface area contributed by atoms with Crippen LogP contribution in [0.5, 0.6) is 0 Å². The number of nitrogens with one attached hydrogen (secondary N) is 1. The molecule has 1 aromatic carbocycles. The van der Waals surface area contributed by atoms with Crippen molar-refractivity contribution in [2.75, 3.05) is 7.05 Å². The first kappa shape index (κ1) is 14.4. The second-order valence-corrected chi connectivity index (χ2v) is 5.38. The second-order valence-electron chi connectivity index (χ2n) is 5.38. The van der Waals surface area contributed by atoms with E-state index in [9.17, 15) is 13.2 Å². The fraction of sp³-hybridized carbons (Fsp3) is 0.600. The molecular formula is C15H20F3N. The predicted molar refractivity (Wildman–Crippen MR) is 69.2 cm³/mol. The Morgan fingerprint density at radius 1 is 1.21 bits per heavy atom. The maximum absolute atomic E-state index is 13.9. The van der Waals surface area contributed by atoms with Gasteiger partial charge in [-0.15, -0.1) is 0 Å². The summed E-state index contributed by atoms with van der Waals surface area (Å²) in [6.07, 6.45) is 4.26. The van der Waals surface area contributed by atoms with Crippen molar-refractivity contribution >= 4 is 0 Å². The van der Waals surface area contributed by atoms with Crippen LogP contribution in [0, 0.1) is 29.3 Å². The van der Waals surface area contributed by atoms with Gasteiger partial charge in [0.1, 0.15) is 0 Å². The van der Waals surface area contributed by atoms with Crippen molar-refractivity contribution in [3.05, 3.63) is 35.1 Å². The van der Waals surface area contributed by atoms with E-state index in [1.807, 2.05) is 0 Å². The highest BCUT2D eigenvalue weighted by Crippen LogP contribution is 2.41. The highest BCUT2D eigenvalue weighted by atomic mass is 19.2. The summed E-state index contributed by atoms with van der Waals surface area (Å²) in [5.74, 6) is -2.61. The average Bonchev–Trinajstić information content (AvgIpc) is 2.88. The van der Waals surface area contributed by atoms with Crippen LogP contribution in [0.4, 0.5) is 13.2 Å². The third kappa shape index (κ3) is 2.78. The molecule has 0 aromatic heterocycles. The first-order valence-corrected chi connectivity index (χ1v) is 6.89. The topological polar surface area (TPSA) is 12.0 Å². The van der Waals surface area contributed by atoms with Crippen molar-refractivity contribution in [2.24, 2.45) is 11.8 Å². The fourth-order valence-corrected chi connectivity index (χ4v) is 3.21. The van der Waals surface area contributed by atoms with Crippen LogP contribution in [0.1, 0.15) is 44.2 Å². The molecule has 0 aliphatic heterocycles. The Labute approximate surface area is 112 Å². The van der Waals surface area contributed by atoms with E-state index >= 15 is 0 Å². The minimum absolute atomic E-state index is 0.239. The molecule has 19 heavy (non-hydrogen) atoms. The number of rotatable bonds is 4. The molecule has 0 radical (unpaired) electrons. The molecule has 2 rings (SSSR count). The van der Waals surface area contributed by atoms with Gasteiger partial charge in [0.15, 0.2) is 17.5 Å². The van der Waals surface area contributed by atoms with Gasteiger partial charge in [0.25, 0.3) is 0 Å². The Balaban J connectivity index is 2.25. The van der Waals surface area contributed by atoms with Gasteiger partial charge < -0.3 is 5.32 Å². The summed E-state index contributed by atoms with van der Waals surface area (Å²) in [5, 5.41) is 3.06.